The minimum Gasteiger partial charge on any atom is -0.319 e. The second-order valence-corrected chi connectivity index (χ2v) is 7.77. The highest BCUT2D eigenvalue weighted by Gasteiger charge is 2.33. The first-order valence-electron chi connectivity index (χ1n) is 6.36. The van der Waals surface area contributed by atoms with Gasteiger partial charge in [-0.05, 0) is 66.5 Å². The van der Waals surface area contributed by atoms with E-state index in [9.17, 15) is 8.42 Å². The van der Waals surface area contributed by atoms with E-state index >= 15 is 0 Å². The van der Waals surface area contributed by atoms with Gasteiger partial charge in [0.25, 0.3) is 0 Å². The molecule has 1 atom stereocenters. The van der Waals surface area contributed by atoms with Crippen molar-refractivity contribution in [1.82, 2.24) is 9.62 Å². The fourth-order valence-corrected chi connectivity index (χ4v) is 4.96. The van der Waals surface area contributed by atoms with Crippen molar-refractivity contribution in [3.05, 3.63) is 28.2 Å². The summed E-state index contributed by atoms with van der Waals surface area (Å²) in [6, 6.07) is 5.42. The third-order valence-corrected chi connectivity index (χ3v) is 6.30. The van der Waals surface area contributed by atoms with Gasteiger partial charge in [0.2, 0.25) is 10.0 Å². The first kappa shape index (κ1) is 17.9. The Kier molecular flexibility index (Phi) is 6.47. The lowest BCUT2D eigenvalue weighted by Crippen LogP contribution is -2.30. The molecule has 1 aliphatic heterocycles. The van der Waals surface area contributed by atoms with E-state index in [1.165, 1.54) is 0 Å². The summed E-state index contributed by atoms with van der Waals surface area (Å²) in [5.74, 6) is 0.406. The molecule has 0 radical (unpaired) electrons. The lowest BCUT2D eigenvalue weighted by molar-refractivity contribution is 0.451. The zero-order valence-electron chi connectivity index (χ0n) is 11.6. The van der Waals surface area contributed by atoms with Gasteiger partial charge in [-0.2, -0.15) is 4.31 Å². The van der Waals surface area contributed by atoms with Gasteiger partial charge in [0.05, 0.1) is 4.90 Å². The zero-order chi connectivity index (χ0) is 14.0. The van der Waals surface area contributed by atoms with Gasteiger partial charge in [0.15, 0.2) is 0 Å². The molecule has 2 rings (SSSR count). The van der Waals surface area contributed by atoms with Gasteiger partial charge in [0.1, 0.15) is 0 Å². The summed E-state index contributed by atoms with van der Waals surface area (Å²) in [6.07, 6.45) is 0.920. The number of sulfonamides is 1. The molecule has 20 heavy (non-hydrogen) atoms. The van der Waals surface area contributed by atoms with Crippen molar-refractivity contribution < 1.29 is 8.42 Å². The number of rotatable bonds is 4. The summed E-state index contributed by atoms with van der Waals surface area (Å²) in [4.78, 5) is 0.373. The topological polar surface area (TPSA) is 49.4 Å². The lowest BCUT2D eigenvalue weighted by atomic mass is 10.1. The summed E-state index contributed by atoms with van der Waals surface area (Å²) in [6.45, 7) is 3.97. The molecule has 7 heteroatoms. The minimum absolute atomic E-state index is 0. The average molecular weight is 384 g/mol. The van der Waals surface area contributed by atoms with E-state index in [0.29, 0.717) is 28.4 Å². The predicted molar refractivity (Wildman–Crippen MR) is 86.9 cm³/mol. The molecule has 1 aliphatic rings. The van der Waals surface area contributed by atoms with E-state index in [2.05, 4.69) is 21.2 Å². The van der Waals surface area contributed by atoms with Crippen LogP contribution in [0.1, 0.15) is 12.0 Å². The molecule has 1 aromatic rings. The molecule has 0 aromatic heterocycles. The van der Waals surface area contributed by atoms with E-state index < -0.39 is 10.0 Å². The Bertz CT molecular complexity index is 565. The molecular weight excluding hydrogens is 364 g/mol. The van der Waals surface area contributed by atoms with E-state index in [0.717, 1.165) is 18.5 Å². The minimum atomic E-state index is -3.38. The maximum absolute atomic E-state index is 12.6. The number of aryl methyl sites for hydroxylation is 1. The van der Waals surface area contributed by atoms with Crippen LogP contribution in [0.2, 0.25) is 0 Å². The third kappa shape index (κ3) is 3.74. The van der Waals surface area contributed by atoms with Crippen LogP contribution < -0.4 is 5.32 Å². The molecule has 1 heterocycles. The number of hydrogen-bond donors (Lipinski definition) is 1. The molecule has 1 aromatic carbocycles. The molecule has 0 spiro atoms. The molecular formula is C13H20BrClN2O2S. The smallest absolute Gasteiger partial charge is 0.244 e. The van der Waals surface area contributed by atoms with Crippen LogP contribution in [-0.4, -0.2) is 39.4 Å². The molecule has 0 amide bonds. The van der Waals surface area contributed by atoms with Crippen LogP contribution in [0.25, 0.3) is 0 Å². The monoisotopic (exact) mass is 382 g/mol. The van der Waals surface area contributed by atoms with Gasteiger partial charge in [-0.15, -0.1) is 12.4 Å². The number of benzene rings is 1. The molecule has 0 saturated carbocycles. The maximum atomic E-state index is 12.6. The van der Waals surface area contributed by atoms with Crippen LogP contribution >= 0.6 is 28.3 Å². The van der Waals surface area contributed by atoms with Gasteiger partial charge < -0.3 is 5.32 Å². The average Bonchev–Trinajstić information content (AvgIpc) is 2.82. The van der Waals surface area contributed by atoms with E-state index in [1.807, 2.05) is 20.0 Å². The van der Waals surface area contributed by atoms with Crippen LogP contribution in [0.4, 0.5) is 0 Å². The summed E-state index contributed by atoms with van der Waals surface area (Å²) in [5, 5.41) is 3.11. The van der Waals surface area contributed by atoms with Gasteiger partial charge in [-0.25, -0.2) is 8.42 Å². The molecule has 4 nitrogen and oxygen atoms in total. The molecule has 0 aliphatic carbocycles. The highest BCUT2D eigenvalue weighted by molar-refractivity contribution is 9.10. The van der Waals surface area contributed by atoms with Crippen molar-refractivity contribution in [2.75, 3.05) is 26.7 Å². The van der Waals surface area contributed by atoms with Crippen molar-refractivity contribution in [2.45, 2.75) is 18.2 Å². The van der Waals surface area contributed by atoms with E-state index in [1.54, 1.807) is 16.4 Å². The summed E-state index contributed by atoms with van der Waals surface area (Å²) in [7, 11) is -1.49. The molecule has 1 saturated heterocycles. The summed E-state index contributed by atoms with van der Waals surface area (Å²) < 4.78 is 27.5. The van der Waals surface area contributed by atoms with E-state index in [-0.39, 0.29) is 12.4 Å². The first-order valence-corrected chi connectivity index (χ1v) is 8.59. The molecule has 0 bridgehead atoms. The van der Waals surface area contributed by atoms with Crippen LogP contribution in [0.3, 0.4) is 0 Å². The fraction of sp³-hybridized carbons (Fsp3) is 0.538. The Morgan fingerprint density at radius 3 is 2.80 bits per heavy atom. The largest absolute Gasteiger partial charge is 0.319 e. The first-order chi connectivity index (χ1) is 8.95. The van der Waals surface area contributed by atoms with Gasteiger partial charge in [-0.3, -0.25) is 0 Å². The van der Waals surface area contributed by atoms with Crippen LogP contribution in [0.5, 0.6) is 0 Å². The summed E-state index contributed by atoms with van der Waals surface area (Å²) in [5.41, 5.74) is 0.952. The predicted octanol–water partition coefficient (Wildman–Crippen LogP) is 2.41. The second-order valence-electron chi connectivity index (χ2n) is 5.01. The Labute approximate surface area is 135 Å². The third-order valence-electron chi connectivity index (χ3n) is 3.45. The molecule has 1 fully saturated rings. The van der Waals surface area contributed by atoms with Crippen LogP contribution in [0, 0.1) is 12.8 Å². The second kappa shape index (κ2) is 7.22. The Morgan fingerprint density at radius 2 is 2.15 bits per heavy atom. The molecule has 114 valence electrons. The number of nitrogens with zero attached hydrogens (tertiary/aromatic N) is 1. The Hall–Kier alpha value is -0.140. The Balaban J connectivity index is 0.00000200. The highest BCUT2D eigenvalue weighted by atomic mass is 79.9. The number of hydrogen-bond acceptors (Lipinski definition) is 3. The van der Waals surface area contributed by atoms with Gasteiger partial charge in [0, 0.05) is 17.6 Å². The molecule has 1 N–H and O–H groups in total. The van der Waals surface area contributed by atoms with Crippen molar-refractivity contribution in [2.24, 2.45) is 5.92 Å². The maximum Gasteiger partial charge on any atom is 0.244 e. The van der Waals surface area contributed by atoms with Crippen molar-refractivity contribution in [3.63, 3.8) is 0 Å². The summed E-state index contributed by atoms with van der Waals surface area (Å²) >= 11 is 3.34. The van der Waals surface area contributed by atoms with Crippen molar-refractivity contribution in [3.8, 4) is 0 Å². The van der Waals surface area contributed by atoms with E-state index in [4.69, 9.17) is 0 Å². The number of halogens is 2. The van der Waals surface area contributed by atoms with Gasteiger partial charge >= 0.3 is 0 Å². The quantitative estimate of drug-likeness (QED) is 0.868. The standard InChI is InChI=1S/C13H19BrN2O2S.ClH/c1-10-3-4-12(14)13(7-10)19(17,18)16-6-5-11(9-16)8-15-2;/h3-4,7,11,15H,5-6,8-9H2,1-2H3;1H. The van der Waals surface area contributed by atoms with Crippen LogP contribution in [0.15, 0.2) is 27.6 Å². The van der Waals surface area contributed by atoms with Crippen molar-refractivity contribution >= 4 is 38.4 Å². The van der Waals surface area contributed by atoms with Crippen molar-refractivity contribution in [1.29, 1.82) is 0 Å². The number of nitrogens with one attached hydrogen (secondary N) is 1. The highest BCUT2D eigenvalue weighted by Crippen LogP contribution is 2.29. The van der Waals surface area contributed by atoms with Gasteiger partial charge in [-0.1, -0.05) is 6.07 Å². The molecule has 1 unspecified atom stereocenters. The zero-order valence-corrected chi connectivity index (χ0v) is 14.8. The van der Waals surface area contributed by atoms with Crippen LogP contribution in [-0.2, 0) is 10.0 Å². The normalized spacial score (nSPS) is 19.9. The lowest BCUT2D eigenvalue weighted by Gasteiger charge is -2.18. The fourth-order valence-electron chi connectivity index (χ4n) is 2.42. The SMILES string of the molecule is CNCC1CCN(S(=O)(=O)c2cc(C)ccc2Br)C1.Cl. The Morgan fingerprint density at radius 1 is 1.45 bits per heavy atom.